The molecule has 0 bridgehead atoms. The quantitative estimate of drug-likeness (QED) is 0.264. The molecule has 10 heteroatoms. The highest BCUT2D eigenvalue weighted by atomic mass is 35.5. The zero-order chi connectivity index (χ0) is 22.7. The number of pyridine rings is 1. The molecule has 32 heavy (non-hydrogen) atoms. The minimum Gasteiger partial charge on any atom is -0.370 e. The molecular weight excluding hydrogens is 428 g/mol. The second-order valence-electron chi connectivity index (χ2n) is 7.90. The van der Waals surface area contributed by atoms with Gasteiger partial charge >= 0.3 is 0 Å². The van der Waals surface area contributed by atoms with Gasteiger partial charge in [-0.15, -0.1) is 0 Å². The number of fused-ring (bicyclic) bond motifs is 1. The van der Waals surface area contributed by atoms with Crippen LogP contribution in [0.3, 0.4) is 0 Å². The molecule has 1 aromatic carbocycles. The first-order valence-electron chi connectivity index (χ1n) is 10.5. The number of benzene rings is 1. The van der Waals surface area contributed by atoms with Crippen LogP contribution in [0.2, 0.25) is 5.15 Å². The van der Waals surface area contributed by atoms with Crippen molar-refractivity contribution in [1.82, 2.24) is 15.0 Å². The van der Waals surface area contributed by atoms with Crippen LogP contribution >= 0.6 is 11.6 Å². The van der Waals surface area contributed by atoms with Gasteiger partial charge in [-0.05, 0) is 44.0 Å². The molecule has 6 N–H and O–H groups in total. The Labute approximate surface area is 190 Å². The lowest BCUT2D eigenvalue weighted by Gasteiger charge is -2.30. The number of nitrogens with two attached hydrogens (primary N) is 2. The minimum absolute atomic E-state index is 0.000777. The lowest BCUT2D eigenvalue weighted by atomic mass is 9.90. The number of halogens is 1. The summed E-state index contributed by atoms with van der Waals surface area (Å²) in [6.07, 6.45) is 5.38. The fraction of sp³-hybridized carbons (Fsp3) is 0.318. The summed E-state index contributed by atoms with van der Waals surface area (Å²) < 4.78 is 0. The van der Waals surface area contributed by atoms with Crippen molar-refractivity contribution in [3.63, 3.8) is 0 Å². The maximum absolute atomic E-state index is 12.9. The molecule has 2 atom stereocenters. The molecule has 0 radical (unpaired) electrons. The van der Waals surface area contributed by atoms with Crippen LogP contribution < -0.4 is 22.1 Å². The lowest BCUT2D eigenvalue weighted by molar-refractivity contribution is 0.101. The number of rotatable bonds is 5. The van der Waals surface area contributed by atoms with E-state index in [4.69, 9.17) is 23.1 Å². The van der Waals surface area contributed by atoms with Gasteiger partial charge in [0.25, 0.3) is 5.91 Å². The van der Waals surface area contributed by atoms with Crippen LogP contribution in [0.5, 0.6) is 0 Å². The molecule has 0 saturated heterocycles. The molecule has 0 aliphatic heterocycles. The first-order chi connectivity index (χ1) is 15.4. The Balaban J connectivity index is 1.68. The van der Waals surface area contributed by atoms with Crippen LogP contribution in [0.1, 0.15) is 41.9 Å². The van der Waals surface area contributed by atoms with E-state index in [1.165, 1.54) is 6.20 Å². The van der Waals surface area contributed by atoms with Gasteiger partial charge < -0.3 is 22.1 Å². The highest BCUT2D eigenvalue weighted by Gasteiger charge is 2.26. The second-order valence-corrected chi connectivity index (χ2v) is 8.28. The van der Waals surface area contributed by atoms with E-state index < -0.39 is 5.91 Å². The predicted molar refractivity (Wildman–Crippen MR) is 127 cm³/mol. The van der Waals surface area contributed by atoms with E-state index in [1.54, 1.807) is 12.1 Å². The topological polar surface area (TPSA) is 144 Å². The van der Waals surface area contributed by atoms with Crippen molar-refractivity contribution in [2.24, 2.45) is 16.5 Å². The van der Waals surface area contributed by atoms with Crippen LogP contribution in [-0.4, -0.2) is 38.9 Å². The van der Waals surface area contributed by atoms with Crippen molar-refractivity contribution >= 4 is 45.9 Å². The molecule has 2 heterocycles. The standard InChI is InChI=1S/C22H25ClN8O/c1-12-6-8-15-14(10-12)19(29-16-4-2-3-5-17(16)30-22(24)25)31-20(28-15)21(32)27-13-7-9-18(23)26-11-13/h6-11,16-17H,2-5H2,1H3,(H,27,32)(H4,24,25,30)(H,28,29,31)/t16-,17+/m0/s1. The molecule has 1 aliphatic carbocycles. The van der Waals surface area contributed by atoms with E-state index in [2.05, 4.69) is 30.6 Å². The number of guanidine groups is 1. The summed E-state index contributed by atoms with van der Waals surface area (Å²) in [6, 6.07) is 9.04. The number of aliphatic imine (C=N–C) groups is 1. The molecule has 2 aromatic heterocycles. The van der Waals surface area contributed by atoms with Crippen LogP contribution in [-0.2, 0) is 0 Å². The Bertz CT molecular complexity index is 1160. The monoisotopic (exact) mass is 452 g/mol. The van der Waals surface area contributed by atoms with E-state index in [9.17, 15) is 4.79 Å². The van der Waals surface area contributed by atoms with Crippen LogP contribution in [0.25, 0.3) is 10.9 Å². The Kier molecular flexibility index (Phi) is 6.36. The maximum Gasteiger partial charge on any atom is 0.293 e. The number of hydrogen-bond donors (Lipinski definition) is 4. The summed E-state index contributed by atoms with van der Waals surface area (Å²) in [6.45, 7) is 2.00. The van der Waals surface area contributed by atoms with Gasteiger partial charge in [0, 0.05) is 5.39 Å². The van der Waals surface area contributed by atoms with E-state index in [0.717, 1.165) is 36.6 Å². The summed E-state index contributed by atoms with van der Waals surface area (Å²) >= 11 is 5.82. The molecule has 1 aliphatic rings. The number of nitrogens with one attached hydrogen (secondary N) is 2. The van der Waals surface area contributed by atoms with Gasteiger partial charge in [-0.3, -0.25) is 4.79 Å². The van der Waals surface area contributed by atoms with E-state index in [0.29, 0.717) is 22.2 Å². The number of hydrogen-bond acceptors (Lipinski definition) is 6. The highest BCUT2D eigenvalue weighted by Crippen LogP contribution is 2.28. The largest absolute Gasteiger partial charge is 0.370 e. The molecule has 3 aromatic rings. The third-order valence-corrected chi connectivity index (χ3v) is 5.63. The van der Waals surface area contributed by atoms with Crippen molar-refractivity contribution in [1.29, 1.82) is 0 Å². The van der Waals surface area contributed by atoms with Crippen molar-refractivity contribution in [2.75, 3.05) is 10.6 Å². The fourth-order valence-corrected chi connectivity index (χ4v) is 4.00. The number of carbonyl (C=O) groups is 1. The number of nitrogens with zero attached hydrogens (tertiary/aromatic N) is 4. The Hall–Kier alpha value is -3.46. The van der Waals surface area contributed by atoms with Gasteiger partial charge in [0.05, 0.1) is 29.5 Å². The molecule has 1 amide bonds. The van der Waals surface area contributed by atoms with Crippen LogP contribution in [0, 0.1) is 6.92 Å². The zero-order valence-corrected chi connectivity index (χ0v) is 18.4. The summed E-state index contributed by atoms with van der Waals surface area (Å²) in [5.41, 5.74) is 13.5. The van der Waals surface area contributed by atoms with Crippen molar-refractivity contribution < 1.29 is 4.79 Å². The van der Waals surface area contributed by atoms with Gasteiger partial charge in [0.1, 0.15) is 11.0 Å². The molecular formula is C22H25ClN8O. The van der Waals surface area contributed by atoms with Crippen LogP contribution in [0.4, 0.5) is 11.5 Å². The molecule has 1 saturated carbocycles. The van der Waals surface area contributed by atoms with Crippen molar-refractivity contribution in [3.8, 4) is 0 Å². The lowest BCUT2D eigenvalue weighted by Crippen LogP contribution is -2.38. The molecule has 166 valence electrons. The summed E-state index contributed by atoms with van der Waals surface area (Å²) in [7, 11) is 0. The van der Waals surface area contributed by atoms with Gasteiger partial charge in [0.15, 0.2) is 5.96 Å². The number of aromatic nitrogens is 3. The minimum atomic E-state index is -0.441. The normalized spacial score (nSPS) is 18.2. The number of anilines is 2. The Morgan fingerprint density at radius 1 is 1.16 bits per heavy atom. The van der Waals surface area contributed by atoms with Gasteiger partial charge in [-0.2, -0.15) is 0 Å². The average molecular weight is 453 g/mol. The van der Waals surface area contributed by atoms with Crippen LogP contribution in [0.15, 0.2) is 41.5 Å². The predicted octanol–water partition coefficient (Wildman–Crippen LogP) is 3.24. The SMILES string of the molecule is Cc1ccc2nc(C(=O)Nc3ccc(Cl)nc3)nc(N[C@H]3CCCC[C@H]3N=C(N)N)c2c1. The number of aryl methyl sites for hydroxylation is 1. The summed E-state index contributed by atoms with van der Waals surface area (Å²) in [5, 5.41) is 7.43. The molecule has 4 rings (SSSR count). The van der Waals surface area contributed by atoms with Gasteiger partial charge in [0.2, 0.25) is 5.82 Å². The van der Waals surface area contributed by atoms with E-state index in [-0.39, 0.29) is 23.9 Å². The van der Waals surface area contributed by atoms with E-state index >= 15 is 0 Å². The zero-order valence-electron chi connectivity index (χ0n) is 17.7. The first-order valence-corrected chi connectivity index (χ1v) is 10.8. The van der Waals surface area contributed by atoms with Crippen molar-refractivity contribution in [2.45, 2.75) is 44.7 Å². The smallest absolute Gasteiger partial charge is 0.293 e. The number of carbonyl (C=O) groups excluding carboxylic acids is 1. The molecule has 0 spiro atoms. The molecule has 0 unspecified atom stereocenters. The fourth-order valence-electron chi connectivity index (χ4n) is 3.89. The third-order valence-electron chi connectivity index (χ3n) is 5.41. The summed E-state index contributed by atoms with van der Waals surface area (Å²) in [4.78, 5) is 30.3. The first kappa shape index (κ1) is 21.8. The Morgan fingerprint density at radius 3 is 2.72 bits per heavy atom. The average Bonchev–Trinajstić information content (AvgIpc) is 2.76. The third kappa shape index (κ3) is 5.05. The van der Waals surface area contributed by atoms with Crippen molar-refractivity contribution in [3.05, 3.63) is 53.1 Å². The summed E-state index contributed by atoms with van der Waals surface area (Å²) in [5.74, 6) is 0.265. The van der Waals surface area contributed by atoms with E-state index in [1.807, 2.05) is 25.1 Å². The van der Waals surface area contributed by atoms with Gasteiger partial charge in [-0.1, -0.05) is 36.1 Å². The van der Waals surface area contributed by atoms with Gasteiger partial charge in [-0.25, -0.2) is 19.9 Å². The highest BCUT2D eigenvalue weighted by molar-refractivity contribution is 6.29. The maximum atomic E-state index is 12.9. The molecule has 1 fully saturated rings. The second kappa shape index (κ2) is 9.35. The number of amides is 1. The Morgan fingerprint density at radius 2 is 1.97 bits per heavy atom. The molecule has 9 nitrogen and oxygen atoms in total.